The second-order valence-electron chi connectivity index (χ2n) is 12.1. The molecule has 1 aliphatic heterocycles. The van der Waals surface area contributed by atoms with Crippen LogP contribution in [0.5, 0.6) is 5.88 Å². The van der Waals surface area contributed by atoms with Crippen LogP contribution in [0.4, 0.5) is 0 Å². The number of unbranched alkanes of at least 4 members (excludes halogenated alkanes) is 3. The molecule has 4 heterocycles. The van der Waals surface area contributed by atoms with Gasteiger partial charge >= 0.3 is 0 Å². The summed E-state index contributed by atoms with van der Waals surface area (Å²) in [6, 6.07) is 26.2. The fraction of sp³-hybridized carbons (Fsp3) is 0.417. The molecule has 8 nitrogen and oxygen atoms in total. The Morgan fingerprint density at radius 2 is 1.46 bits per heavy atom. The number of pyridine rings is 1. The van der Waals surface area contributed by atoms with E-state index in [2.05, 4.69) is 67.6 Å². The van der Waals surface area contributed by atoms with E-state index < -0.39 is 0 Å². The van der Waals surface area contributed by atoms with Gasteiger partial charge in [-0.25, -0.2) is 4.98 Å². The van der Waals surface area contributed by atoms with E-state index in [0.29, 0.717) is 24.0 Å². The molecule has 0 atom stereocenters. The topological polar surface area (TPSA) is 70.3 Å². The van der Waals surface area contributed by atoms with E-state index in [1.54, 1.807) is 16.9 Å². The minimum absolute atomic E-state index is 0. The normalized spacial score (nSPS) is 16.3. The molecule has 3 aromatic heterocycles. The van der Waals surface area contributed by atoms with Crippen LogP contribution >= 0.6 is 0 Å². The number of ether oxygens (including phenoxy) is 1. The lowest BCUT2D eigenvalue weighted by atomic mass is 9.96. The van der Waals surface area contributed by atoms with Crippen molar-refractivity contribution in [1.29, 1.82) is 0 Å². The number of fused-ring (bicyclic) bond motifs is 3. The third-order valence-corrected chi connectivity index (χ3v) is 9.36. The molecule has 1 aliphatic rings. The van der Waals surface area contributed by atoms with Gasteiger partial charge in [-0.15, -0.1) is 0 Å². The lowest BCUT2D eigenvalue weighted by molar-refractivity contribution is -1.02. The summed E-state index contributed by atoms with van der Waals surface area (Å²) in [5, 5.41) is 0. The van der Waals surface area contributed by atoms with Gasteiger partial charge < -0.3 is 43.9 Å². The quantitative estimate of drug-likeness (QED) is 0.140. The van der Waals surface area contributed by atoms with Crippen LogP contribution in [-0.2, 0) is 13.0 Å². The molecule has 0 unspecified atom stereocenters. The van der Waals surface area contributed by atoms with Crippen molar-refractivity contribution < 1.29 is 39.4 Å². The first-order valence-corrected chi connectivity index (χ1v) is 16.3. The number of piperazine rings is 1. The van der Waals surface area contributed by atoms with Gasteiger partial charge in [0.05, 0.1) is 24.9 Å². The number of methoxy groups -OCH3 is 1. The largest absolute Gasteiger partial charge is 1.00 e. The van der Waals surface area contributed by atoms with E-state index in [-0.39, 0.29) is 30.4 Å². The van der Waals surface area contributed by atoms with E-state index in [1.165, 1.54) is 56.7 Å². The zero-order valence-corrected chi connectivity index (χ0v) is 28.7. The molecule has 2 aromatic carbocycles. The molecular weight excluding hydrogens is 619 g/mol. The van der Waals surface area contributed by atoms with Crippen molar-refractivity contribution in [2.45, 2.75) is 58.5 Å². The van der Waals surface area contributed by atoms with Gasteiger partial charge in [-0.1, -0.05) is 74.0 Å². The third-order valence-electron chi connectivity index (χ3n) is 9.36. The molecule has 0 aliphatic carbocycles. The van der Waals surface area contributed by atoms with Crippen molar-refractivity contribution in [3.63, 3.8) is 0 Å². The van der Waals surface area contributed by atoms with Crippen molar-refractivity contribution in [1.82, 2.24) is 18.9 Å². The summed E-state index contributed by atoms with van der Waals surface area (Å²) in [5.41, 5.74) is 5.80. The Bertz CT molecular complexity index is 1710. The molecule has 0 bridgehead atoms. The molecular formula is C36H46Cl2N6O2. The Kier molecular flexibility index (Phi) is 12.6. The fourth-order valence-corrected chi connectivity index (χ4v) is 7.09. The Morgan fingerprint density at radius 3 is 2.07 bits per heavy atom. The molecule has 5 aromatic rings. The highest BCUT2D eigenvalue weighted by Gasteiger charge is 2.31. The molecule has 0 amide bonds. The fourth-order valence-electron chi connectivity index (χ4n) is 7.09. The number of quaternary nitrogens is 2. The maximum absolute atomic E-state index is 13.7. The predicted molar refractivity (Wildman–Crippen MR) is 175 cm³/mol. The molecule has 1 fully saturated rings. The van der Waals surface area contributed by atoms with Crippen LogP contribution in [0.3, 0.4) is 0 Å². The molecule has 6 rings (SSSR count). The summed E-state index contributed by atoms with van der Waals surface area (Å²) >= 11 is 0. The van der Waals surface area contributed by atoms with Crippen molar-refractivity contribution in [2.75, 3.05) is 39.8 Å². The first kappa shape index (κ1) is 35.4. The van der Waals surface area contributed by atoms with Gasteiger partial charge in [0.1, 0.15) is 43.6 Å². The van der Waals surface area contributed by atoms with Crippen molar-refractivity contribution in [3.05, 3.63) is 106 Å². The van der Waals surface area contributed by atoms with Crippen LogP contribution in [0, 0.1) is 6.92 Å². The minimum Gasteiger partial charge on any atom is -1.00 e. The number of aryl methyl sites for hydroxylation is 3. The third kappa shape index (κ3) is 7.41. The maximum Gasteiger partial charge on any atom is 0.277 e. The predicted octanol–water partition coefficient (Wildman–Crippen LogP) is -2.93. The van der Waals surface area contributed by atoms with E-state index >= 15 is 0 Å². The van der Waals surface area contributed by atoms with Gasteiger partial charge in [0, 0.05) is 30.2 Å². The highest BCUT2D eigenvalue weighted by atomic mass is 35.5. The summed E-state index contributed by atoms with van der Waals surface area (Å²) in [5.74, 6) is 1.39. The summed E-state index contributed by atoms with van der Waals surface area (Å²) in [6.07, 6.45) is 5.21. The van der Waals surface area contributed by atoms with Gasteiger partial charge in [-0.2, -0.15) is 4.98 Å². The summed E-state index contributed by atoms with van der Waals surface area (Å²) < 4.78 is 9.25. The van der Waals surface area contributed by atoms with Crippen LogP contribution in [0.25, 0.3) is 16.7 Å². The standard InChI is InChI=1S/C36H44N6O2.2ClH/c1-4-31-37-27(2)33-36(43)41(30-19-20-32(44-3)38-35(30)42(31)33)22-14-6-5-13-21-39-23-25-40(26-24-39)34(28-15-9-7-10-16-28)29-17-11-8-12-18-29;;/h7-12,15-20,34H,4-6,13-14,21-26H2,1-3H3;2*1H. The lowest BCUT2D eigenvalue weighted by Crippen LogP contribution is -3.28. The summed E-state index contributed by atoms with van der Waals surface area (Å²) in [7, 11) is 1.62. The first-order valence-electron chi connectivity index (χ1n) is 16.3. The van der Waals surface area contributed by atoms with Gasteiger partial charge in [0.2, 0.25) is 5.88 Å². The zero-order valence-electron chi connectivity index (χ0n) is 27.1. The highest BCUT2D eigenvalue weighted by Crippen LogP contribution is 2.22. The number of hydrogen-bond donors (Lipinski definition) is 2. The van der Waals surface area contributed by atoms with Gasteiger partial charge in [-0.05, 0) is 32.3 Å². The number of halogens is 2. The molecule has 10 heteroatoms. The SMILES string of the molecule is CCc1nc(C)c2c(=O)n(CCCCCC[NH+]3CC[NH+](C(c4ccccc4)c4ccccc4)CC3)c3ccc(OC)nc3n12.[Cl-].[Cl-]. The van der Waals surface area contributed by atoms with Crippen LogP contribution < -0.4 is 44.9 Å². The molecule has 0 saturated carbocycles. The first-order chi connectivity index (χ1) is 21.6. The highest BCUT2D eigenvalue weighted by molar-refractivity contribution is 5.77. The van der Waals surface area contributed by atoms with Crippen LogP contribution in [-0.4, -0.2) is 58.8 Å². The number of nitrogens with one attached hydrogen (secondary N) is 2. The monoisotopic (exact) mass is 664 g/mol. The number of benzene rings is 2. The average Bonchev–Trinajstić information content (AvgIpc) is 3.42. The van der Waals surface area contributed by atoms with Gasteiger partial charge in [0.15, 0.2) is 5.65 Å². The van der Waals surface area contributed by atoms with Crippen molar-refractivity contribution >= 4 is 16.7 Å². The Labute approximate surface area is 284 Å². The lowest BCUT2D eigenvalue weighted by Gasteiger charge is -2.35. The Morgan fingerprint density at radius 1 is 0.826 bits per heavy atom. The van der Waals surface area contributed by atoms with E-state index in [4.69, 9.17) is 14.7 Å². The minimum atomic E-state index is 0. The van der Waals surface area contributed by atoms with Crippen molar-refractivity contribution in [2.24, 2.45) is 0 Å². The number of rotatable bonds is 12. The van der Waals surface area contributed by atoms with Crippen LogP contribution in [0.1, 0.15) is 61.3 Å². The van der Waals surface area contributed by atoms with E-state index in [9.17, 15) is 4.79 Å². The summed E-state index contributed by atoms with van der Waals surface area (Å²) in [4.78, 5) is 26.5. The smallest absolute Gasteiger partial charge is 0.277 e. The second-order valence-corrected chi connectivity index (χ2v) is 12.1. The molecule has 0 radical (unpaired) electrons. The van der Waals surface area contributed by atoms with Crippen LogP contribution in [0.2, 0.25) is 0 Å². The number of imidazole rings is 1. The molecule has 0 spiro atoms. The van der Waals surface area contributed by atoms with Gasteiger partial charge in [-0.3, -0.25) is 9.20 Å². The Hall–Kier alpha value is -3.43. The number of nitrogens with zero attached hydrogens (tertiary/aromatic N) is 4. The molecule has 46 heavy (non-hydrogen) atoms. The molecule has 1 saturated heterocycles. The number of aromatic nitrogens is 4. The van der Waals surface area contributed by atoms with Crippen LogP contribution in [0.15, 0.2) is 77.6 Å². The molecule has 2 N–H and O–H groups in total. The zero-order chi connectivity index (χ0) is 30.5. The van der Waals surface area contributed by atoms with Gasteiger partial charge in [0.25, 0.3) is 5.56 Å². The summed E-state index contributed by atoms with van der Waals surface area (Å²) in [6.45, 7) is 10.7. The maximum atomic E-state index is 13.7. The van der Waals surface area contributed by atoms with Crippen molar-refractivity contribution in [3.8, 4) is 5.88 Å². The second kappa shape index (κ2) is 16.4. The number of hydrogen-bond acceptors (Lipinski definition) is 4. The molecule has 246 valence electrons. The average molecular weight is 666 g/mol. The van der Waals surface area contributed by atoms with E-state index in [0.717, 1.165) is 41.9 Å². The Balaban J connectivity index is 0.00000240. The van der Waals surface area contributed by atoms with E-state index in [1.807, 2.05) is 28.0 Å².